The summed E-state index contributed by atoms with van der Waals surface area (Å²) in [6.45, 7) is 2.22. The third-order valence-electron chi connectivity index (χ3n) is 7.14. The molecule has 2 aromatic heterocycles. The lowest BCUT2D eigenvalue weighted by atomic mass is 9.86. The first-order chi connectivity index (χ1) is 15.8. The van der Waals surface area contributed by atoms with Crippen molar-refractivity contribution in [2.24, 2.45) is 0 Å². The van der Waals surface area contributed by atoms with Crippen molar-refractivity contribution in [3.05, 3.63) is 24.5 Å². The number of phenolic OH excluding ortho intramolecular Hbond substituents is 1. The minimum Gasteiger partial charge on any atom is -0.507 e. The zero-order chi connectivity index (χ0) is 23.3. The minimum atomic E-state index is -0.951. The van der Waals surface area contributed by atoms with Crippen LogP contribution in [0.5, 0.6) is 11.8 Å². The predicted molar refractivity (Wildman–Crippen MR) is 123 cm³/mol. The summed E-state index contributed by atoms with van der Waals surface area (Å²) in [7, 11) is 5.39. The van der Waals surface area contributed by atoms with Crippen LogP contribution in [0, 0.1) is 0 Å². The number of aromatic nitrogens is 5. The predicted octanol–water partition coefficient (Wildman–Crippen LogP) is 3.17. The fraction of sp³-hybridized carbons (Fsp3) is 0.500. The molecule has 2 aliphatic rings. The first kappa shape index (κ1) is 21.9. The van der Waals surface area contributed by atoms with Gasteiger partial charge in [0.15, 0.2) is 10.8 Å². The van der Waals surface area contributed by atoms with Gasteiger partial charge in [-0.15, -0.1) is 10.2 Å². The Morgan fingerprint density at radius 1 is 1.30 bits per heavy atom. The molecule has 9 nitrogen and oxygen atoms in total. The Morgan fingerprint density at radius 2 is 2.12 bits per heavy atom. The second-order valence-electron chi connectivity index (χ2n) is 8.96. The van der Waals surface area contributed by atoms with Gasteiger partial charge in [0.25, 0.3) is 0 Å². The lowest BCUT2D eigenvalue weighted by Crippen LogP contribution is -2.60. The highest BCUT2D eigenvalue weighted by Crippen LogP contribution is 2.46. The summed E-state index contributed by atoms with van der Waals surface area (Å²) in [5, 5.41) is 20.5. The van der Waals surface area contributed by atoms with E-state index in [2.05, 4.69) is 37.0 Å². The van der Waals surface area contributed by atoms with E-state index in [0.29, 0.717) is 27.1 Å². The van der Waals surface area contributed by atoms with Crippen molar-refractivity contribution in [3.8, 4) is 33.7 Å². The summed E-state index contributed by atoms with van der Waals surface area (Å²) in [5.74, 6) is 0.422. The van der Waals surface area contributed by atoms with Crippen LogP contribution in [0.15, 0.2) is 24.5 Å². The van der Waals surface area contributed by atoms with Gasteiger partial charge in [-0.2, -0.15) is 9.97 Å². The van der Waals surface area contributed by atoms with Crippen molar-refractivity contribution in [2.75, 3.05) is 26.1 Å². The van der Waals surface area contributed by atoms with Crippen molar-refractivity contribution in [3.63, 3.8) is 0 Å². The topological polar surface area (TPSA) is 100 Å². The molecule has 2 bridgehead atoms. The fourth-order valence-electron chi connectivity index (χ4n) is 5.00. The average molecular weight is 472 g/mol. The maximum atomic E-state index is 15.4. The number of rotatable bonds is 5. The summed E-state index contributed by atoms with van der Waals surface area (Å²) < 4.78 is 20.4. The number of methoxy groups -OCH3 is 1. The van der Waals surface area contributed by atoms with E-state index in [9.17, 15) is 5.11 Å². The lowest BCUT2D eigenvalue weighted by Gasteiger charge is -2.48. The Bertz CT molecular complexity index is 1180. The van der Waals surface area contributed by atoms with Crippen molar-refractivity contribution < 1.29 is 14.2 Å². The van der Waals surface area contributed by atoms with E-state index in [1.807, 2.05) is 19.0 Å². The number of benzene rings is 1. The van der Waals surface area contributed by atoms with Crippen LogP contribution in [0.4, 0.5) is 9.52 Å². The number of phenols is 1. The first-order valence-corrected chi connectivity index (χ1v) is 11.6. The molecule has 0 saturated carbocycles. The molecule has 4 atom stereocenters. The van der Waals surface area contributed by atoms with Crippen LogP contribution in [-0.2, 0) is 0 Å². The number of ether oxygens (including phenoxy) is 1. The van der Waals surface area contributed by atoms with Crippen LogP contribution in [0.25, 0.3) is 22.0 Å². The molecule has 2 aliphatic heterocycles. The summed E-state index contributed by atoms with van der Waals surface area (Å²) in [6.07, 6.45) is 3.03. The van der Waals surface area contributed by atoms with Crippen molar-refractivity contribution in [1.29, 1.82) is 0 Å². The Kier molecular flexibility index (Phi) is 5.40. The van der Waals surface area contributed by atoms with Crippen molar-refractivity contribution in [1.82, 2.24) is 30.0 Å². The van der Waals surface area contributed by atoms with Gasteiger partial charge in [0.1, 0.15) is 18.2 Å². The molecule has 0 amide bonds. The smallest absolute Gasteiger partial charge is 0.319 e. The third-order valence-corrected chi connectivity index (χ3v) is 8.19. The van der Waals surface area contributed by atoms with Gasteiger partial charge in [-0.1, -0.05) is 17.4 Å². The second-order valence-corrected chi connectivity index (χ2v) is 9.91. The number of nitrogens with zero attached hydrogens (tertiary/aromatic N) is 7. The van der Waals surface area contributed by atoms with Crippen LogP contribution in [0.2, 0.25) is 0 Å². The lowest BCUT2D eigenvalue weighted by molar-refractivity contribution is 0.0223. The summed E-state index contributed by atoms with van der Waals surface area (Å²) in [5.41, 5.74) is 1.17. The number of hydrogen-bond donors (Lipinski definition) is 1. The SMILES string of the molecule is COc1ncnc(-c2ccc(-c3nnc(N(C)[C@H]4C[C@]5(C)CC[C@H]([C@H]4F)N5C)s3)c(O)c2)n1. The van der Waals surface area contributed by atoms with Crippen LogP contribution < -0.4 is 9.64 Å². The molecular formula is C22H26FN7O2S. The monoisotopic (exact) mass is 471 g/mol. The number of halogens is 1. The number of anilines is 1. The summed E-state index contributed by atoms with van der Waals surface area (Å²) in [4.78, 5) is 16.3. The molecule has 2 fully saturated rings. The minimum absolute atomic E-state index is 0.00547. The van der Waals surface area contributed by atoms with Crippen LogP contribution in [0.1, 0.15) is 26.2 Å². The van der Waals surface area contributed by atoms with E-state index >= 15 is 4.39 Å². The maximum absolute atomic E-state index is 15.4. The summed E-state index contributed by atoms with van der Waals surface area (Å²) >= 11 is 1.34. The van der Waals surface area contributed by atoms with Gasteiger partial charge in [-0.25, -0.2) is 9.37 Å². The Labute approximate surface area is 195 Å². The largest absolute Gasteiger partial charge is 0.507 e. The molecule has 5 rings (SSSR count). The van der Waals surface area contributed by atoms with Gasteiger partial charge in [-0.05, 0) is 45.4 Å². The number of fused-ring (bicyclic) bond motifs is 2. The number of aromatic hydroxyl groups is 1. The fourth-order valence-corrected chi connectivity index (χ4v) is 5.90. The van der Waals surface area contributed by atoms with E-state index in [4.69, 9.17) is 4.74 Å². The molecule has 0 radical (unpaired) electrons. The molecule has 3 aromatic rings. The van der Waals surface area contributed by atoms with E-state index in [1.54, 1.807) is 18.2 Å². The number of hydrogen-bond acceptors (Lipinski definition) is 10. The third kappa shape index (κ3) is 3.68. The van der Waals surface area contributed by atoms with E-state index in [0.717, 1.165) is 19.3 Å². The maximum Gasteiger partial charge on any atom is 0.319 e. The molecular weight excluding hydrogens is 445 g/mol. The second kappa shape index (κ2) is 8.14. The van der Waals surface area contributed by atoms with Crippen molar-refractivity contribution >= 4 is 16.5 Å². The van der Waals surface area contributed by atoms with Gasteiger partial charge in [0, 0.05) is 24.2 Å². The van der Waals surface area contributed by atoms with Gasteiger partial charge < -0.3 is 14.7 Å². The standard InChI is InChI=1S/C22H26FN7O2S/c1-22-8-7-14(30(22)3)17(23)15(10-22)29(2)21-28-27-19(33-21)13-6-5-12(9-16(13)31)18-24-11-25-20(26-18)32-4/h5-6,9,11,14-15,17,31H,7-8,10H2,1-4H3/t14-,15+,17-,22+/m1/s1. The molecule has 1 aromatic carbocycles. The molecule has 11 heteroatoms. The highest BCUT2D eigenvalue weighted by Gasteiger charge is 2.53. The molecule has 4 heterocycles. The molecule has 1 N–H and O–H groups in total. The van der Waals surface area contributed by atoms with Gasteiger partial charge >= 0.3 is 6.01 Å². The molecule has 33 heavy (non-hydrogen) atoms. The molecule has 0 spiro atoms. The molecule has 0 unspecified atom stereocenters. The Balaban J connectivity index is 1.38. The van der Waals surface area contributed by atoms with E-state index in [-0.39, 0.29) is 29.4 Å². The Hall–Kier alpha value is -2.92. The zero-order valence-corrected chi connectivity index (χ0v) is 19.8. The van der Waals surface area contributed by atoms with E-state index in [1.165, 1.54) is 24.8 Å². The highest BCUT2D eigenvalue weighted by molar-refractivity contribution is 7.18. The Morgan fingerprint density at radius 3 is 2.88 bits per heavy atom. The van der Waals surface area contributed by atoms with Gasteiger partial charge in [0.05, 0.1) is 18.7 Å². The molecule has 174 valence electrons. The molecule has 0 aliphatic carbocycles. The zero-order valence-electron chi connectivity index (χ0n) is 18.9. The van der Waals surface area contributed by atoms with Crippen LogP contribution in [0.3, 0.4) is 0 Å². The van der Waals surface area contributed by atoms with Crippen LogP contribution >= 0.6 is 11.3 Å². The number of alkyl halides is 1. The van der Waals surface area contributed by atoms with Gasteiger partial charge in [0.2, 0.25) is 5.13 Å². The number of piperidine rings is 1. The van der Waals surface area contributed by atoms with E-state index < -0.39 is 6.17 Å². The normalized spacial score (nSPS) is 27.0. The quantitative estimate of drug-likeness (QED) is 0.601. The summed E-state index contributed by atoms with van der Waals surface area (Å²) in [6, 6.07) is 5.00. The van der Waals surface area contributed by atoms with Crippen molar-refractivity contribution in [2.45, 2.75) is 50.0 Å². The highest BCUT2D eigenvalue weighted by atomic mass is 32.1. The van der Waals surface area contributed by atoms with Crippen LogP contribution in [-0.4, -0.2) is 80.2 Å². The van der Waals surface area contributed by atoms with Gasteiger partial charge in [-0.3, -0.25) is 4.90 Å². The first-order valence-electron chi connectivity index (χ1n) is 10.8. The molecule has 2 saturated heterocycles. The average Bonchev–Trinajstić information content (AvgIpc) is 3.38.